The molecule has 0 aromatic heterocycles. The fourth-order valence-electron chi connectivity index (χ4n) is 8.93. The first-order valence-corrected chi connectivity index (χ1v) is 22.9. The van der Waals surface area contributed by atoms with E-state index in [1.54, 1.807) is 0 Å². The lowest BCUT2D eigenvalue weighted by atomic mass is 10.0. The minimum atomic E-state index is 1.08. The molecule has 324 valence electrons. The number of rotatable bonds is 13. The predicted octanol–water partition coefficient (Wildman–Crippen LogP) is 18.2. The number of para-hydroxylation sites is 3. The Hall–Kier alpha value is -8.60. The van der Waals surface area contributed by atoms with Gasteiger partial charge in [0.1, 0.15) is 0 Å². The third-order valence-electron chi connectivity index (χ3n) is 12.1. The monoisotopic (exact) mass is 864 g/mol. The third kappa shape index (κ3) is 9.33. The fraction of sp³-hybridized carbons (Fsp3) is 0.0476. The van der Waals surface area contributed by atoms with Crippen molar-refractivity contribution >= 4 is 68.2 Å². The van der Waals surface area contributed by atoms with Gasteiger partial charge in [0.2, 0.25) is 0 Å². The largest absolute Gasteiger partial charge is 0.311 e. The number of benzene rings is 10. The molecule has 0 unspecified atom stereocenters. The second-order valence-electron chi connectivity index (χ2n) is 17.0. The van der Waals surface area contributed by atoms with Gasteiger partial charge in [-0.1, -0.05) is 115 Å². The summed E-state index contributed by atoms with van der Waals surface area (Å²) in [7, 11) is 0. The average Bonchev–Trinajstić information content (AvgIpc) is 3.37. The van der Waals surface area contributed by atoms with Gasteiger partial charge in [-0.15, -0.1) is 0 Å². The number of nitrogens with zero attached hydrogens (tertiary/aromatic N) is 4. The molecule has 10 rings (SSSR count). The minimum Gasteiger partial charge on any atom is -0.311 e. The van der Waals surface area contributed by atoms with Crippen molar-refractivity contribution in [2.45, 2.75) is 20.8 Å². The molecule has 0 aliphatic heterocycles. The van der Waals surface area contributed by atoms with E-state index >= 15 is 0 Å². The first-order valence-electron chi connectivity index (χ1n) is 22.9. The Balaban J connectivity index is 0.936. The predicted molar refractivity (Wildman–Crippen MR) is 285 cm³/mol. The molecule has 4 heteroatoms. The summed E-state index contributed by atoms with van der Waals surface area (Å²) in [5, 5.41) is 0. The van der Waals surface area contributed by atoms with Crippen molar-refractivity contribution in [1.82, 2.24) is 0 Å². The van der Waals surface area contributed by atoms with Gasteiger partial charge in [-0.3, -0.25) is 0 Å². The van der Waals surface area contributed by atoms with E-state index in [1.807, 2.05) is 0 Å². The summed E-state index contributed by atoms with van der Waals surface area (Å²) in [6, 6.07) is 93.4. The van der Waals surface area contributed by atoms with Crippen molar-refractivity contribution in [3.63, 3.8) is 0 Å². The molecule has 0 amide bonds. The summed E-state index contributed by atoms with van der Waals surface area (Å²) in [5.74, 6) is 0. The maximum absolute atomic E-state index is 2.33. The van der Waals surface area contributed by atoms with E-state index in [0.29, 0.717) is 0 Å². The topological polar surface area (TPSA) is 13.0 Å². The Labute approximate surface area is 395 Å². The Morgan fingerprint density at radius 1 is 0.179 bits per heavy atom. The number of hydrogen-bond donors (Lipinski definition) is 0. The Bertz CT molecular complexity index is 3140. The molecule has 4 nitrogen and oxygen atoms in total. The Morgan fingerprint density at radius 3 is 0.627 bits per heavy atom. The molecule has 0 saturated heterocycles. The second-order valence-corrected chi connectivity index (χ2v) is 17.0. The Morgan fingerprint density at radius 2 is 0.373 bits per heavy atom. The van der Waals surface area contributed by atoms with E-state index in [-0.39, 0.29) is 0 Å². The van der Waals surface area contributed by atoms with Crippen LogP contribution in [-0.4, -0.2) is 0 Å². The van der Waals surface area contributed by atoms with Crippen LogP contribution in [0.3, 0.4) is 0 Å². The number of aryl methyl sites for hydroxylation is 3. The van der Waals surface area contributed by atoms with Gasteiger partial charge in [-0.25, -0.2) is 0 Å². The van der Waals surface area contributed by atoms with Gasteiger partial charge in [0.05, 0.1) is 0 Å². The van der Waals surface area contributed by atoms with E-state index in [2.05, 4.69) is 301 Å². The van der Waals surface area contributed by atoms with Crippen LogP contribution in [-0.2, 0) is 0 Å². The molecule has 0 bridgehead atoms. The molecule has 0 saturated carbocycles. The highest BCUT2D eigenvalue weighted by Crippen LogP contribution is 2.42. The highest BCUT2D eigenvalue weighted by molar-refractivity contribution is 5.84. The standard InChI is InChI=1S/C63H52N4/c1-47-16-13-25-61(44-47)66(54-23-11-6-12-24-54)59-40-36-57(37-41-59)64(52-19-7-4-8-20-52)55-32-28-50(29-33-55)51-30-34-56(35-31-51)65(53-21-9-5-10-22-53)58-38-42-60(43-39-58)67(62-26-14-17-48(2)45-62)63-27-15-18-49(3)46-63/h4-46H,1-3H3. The normalized spacial score (nSPS) is 10.9. The van der Waals surface area contributed by atoms with Crippen LogP contribution in [0.2, 0.25) is 0 Å². The van der Waals surface area contributed by atoms with Crippen LogP contribution in [0.15, 0.2) is 261 Å². The van der Waals surface area contributed by atoms with Gasteiger partial charge in [0.25, 0.3) is 0 Å². The minimum absolute atomic E-state index is 1.08. The van der Waals surface area contributed by atoms with E-state index in [9.17, 15) is 0 Å². The molecular formula is C63H52N4. The smallest absolute Gasteiger partial charge is 0.0464 e. The van der Waals surface area contributed by atoms with Crippen LogP contribution in [0, 0.1) is 20.8 Å². The third-order valence-corrected chi connectivity index (χ3v) is 12.1. The molecule has 0 aliphatic rings. The van der Waals surface area contributed by atoms with Crippen molar-refractivity contribution in [3.05, 3.63) is 278 Å². The van der Waals surface area contributed by atoms with Crippen LogP contribution >= 0.6 is 0 Å². The zero-order valence-corrected chi connectivity index (χ0v) is 38.1. The van der Waals surface area contributed by atoms with E-state index in [4.69, 9.17) is 0 Å². The lowest BCUT2D eigenvalue weighted by molar-refractivity contribution is 1.24. The summed E-state index contributed by atoms with van der Waals surface area (Å²) in [6.07, 6.45) is 0. The highest BCUT2D eigenvalue weighted by atomic mass is 15.2. The van der Waals surface area contributed by atoms with E-state index in [1.165, 1.54) is 16.7 Å². The van der Waals surface area contributed by atoms with E-state index < -0.39 is 0 Å². The van der Waals surface area contributed by atoms with Crippen LogP contribution in [0.4, 0.5) is 68.2 Å². The highest BCUT2D eigenvalue weighted by Gasteiger charge is 2.19. The van der Waals surface area contributed by atoms with Crippen LogP contribution in [0.25, 0.3) is 11.1 Å². The summed E-state index contributed by atoms with van der Waals surface area (Å²) >= 11 is 0. The van der Waals surface area contributed by atoms with Crippen LogP contribution < -0.4 is 19.6 Å². The fourth-order valence-corrected chi connectivity index (χ4v) is 8.93. The molecule has 0 spiro atoms. The average molecular weight is 865 g/mol. The summed E-state index contributed by atoms with van der Waals surface area (Å²) in [5.41, 5.74) is 19.2. The number of hydrogen-bond acceptors (Lipinski definition) is 4. The van der Waals surface area contributed by atoms with Gasteiger partial charge in [-0.05, 0) is 194 Å². The SMILES string of the molecule is Cc1cccc(N(c2ccccc2)c2ccc(N(c3ccccc3)c3ccc(-c4ccc(N(c5ccccc5)c5ccc(N(c6cccc(C)c6)c6cccc(C)c6)cc5)cc4)cc3)cc2)c1. The molecule has 67 heavy (non-hydrogen) atoms. The van der Waals surface area contributed by atoms with Gasteiger partial charge in [0, 0.05) is 68.2 Å². The molecule has 10 aromatic carbocycles. The first kappa shape index (κ1) is 42.4. The zero-order valence-electron chi connectivity index (χ0n) is 38.1. The summed E-state index contributed by atoms with van der Waals surface area (Å²) < 4.78 is 0. The quantitative estimate of drug-likeness (QED) is 0.114. The van der Waals surface area contributed by atoms with Crippen molar-refractivity contribution < 1.29 is 0 Å². The van der Waals surface area contributed by atoms with Crippen molar-refractivity contribution in [1.29, 1.82) is 0 Å². The lowest BCUT2D eigenvalue weighted by Gasteiger charge is -2.29. The van der Waals surface area contributed by atoms with E-state index in [0.717, 1.165) is 79.4 Å². The van der Waals surface area contributed by atoms with Crippen molar-refractivity contribution in [3.8, 4) is 11.1 Å². The van der Waals surface area contributed by atoms with Gasteiger partial charge >= 0.3 is 0 Å². The summed E-state index contributed by atoms with van der Waals surface area (Å²) in [6.45, 7) is 6.43. The maximum Gasteiger partial charge on any atom is 0.0464 e. The molecule has 10 aromatic rings. The van der Waals surface area contributed by atoms with Gasteiger partial charge in [-0.2, -0.15) is 0 Å². The molecular weight excluding hydrogens is 813 g/mol. The molecule has 0 fully saturated rings. The molecule has 0 N–H and O–H groups in total. The molecule has 0 radical (unpaired) electrons. The number of anilines is 12. The van der Waals surface area contributed by atoms with Crippen LogP contribution in [0.1, 0.15) is 16.7 Å². The van der Waals surface area contributed by atoms with Crippen molar-refractivity contribution in [2.24, 2.45) is 0 Å². The molecule has 0 aliphatic carbocycles. The maximum atomic E-state index is 2.33. The summed E-state index contributed by atoms with van der Waals surface area (Å²) in [4.78, 5) is 9.29. The molecule has 0 atom stereocenters. The molecule has 0 heterocycles. The second kappa shape index (κ2) is 19.2. The van der Waals surface area contributed by atoms with Crippen molar-refractivity contribution in [2.75, 3.05) is 19.6 Å². The Kier molecular flexibility index (Phi) is 12.2. The van der Waals surface area contributed by atoms with Gasteiger partial charge in [0.15, 0.2) is 0 Å². The zero-order chi connectivity index (χ0) is 45.5. The first-order chi connectivity index (χ1) is 32.9. The lowest BCUT2D eigenvalue weighted by Crippen LogP contribution is -2.12. The van der Waals surface area contributed by atoms with Crippen LogP contribution in [0.5, 0.6) is 0 Å². The van der Waals surface area contributed by atoms with Gasteiger partial charge < -0.3 is 19.6 Å².